The van der Waals surface area contributed by atoms with Gasteiger partial charge in [0.1, 0.15) is 5.76 Å². The monoisotopic (exact) mass is 257 g/mol. The minimum Gasteiger partial charge on any atom is -0.455 e. The van der Waals surface area contributed by atoms with Crippen molar-refractivity contribution in [1.82, 2.24) is 0 Å². The number of fused-ring (bicyclic) bond motifs is 1. The minimum absolute atomic E-state index is 0.630. The molecule has 0 saturated heterocycles. The van der Waals surface area contributed by atoms with Crippen LogP contribution >= 0.6 is 11.6 Å². The van der Waals surface area contributed by atoms with Crippen molar-refractivity contribution in [2.75, 3.05) is 5.73 Å². The summed E-state index contributed by atoms with van der Waals surface area (Å²) in [5.74, 6) is 0.807. The van der Waals surface area contributed by atoms with Gasteiger partial charge in [0.05, 0.1) is 5.02 Å². The van der Waals surface area contributed by atoms with Crippen molar-refractivity contribution in [2.24, 2.45) is 0 Å². The fourth-order valence-corrected chi connectivity index (χ4v) is 2.22. The molecule has 0 unspecified atom stereocenters. The van der Waals surface area contributed by atoms with E-state index in [1.54, 1.807) is 0 Å². The average molecular weight is 258 g/mol. The maximum absolute atomic E-state index is 6.10. The van der Waals surface area contributed by atoms with Gasteiger partial charge in [-0.2, -0.15) is 0 Å². The van der Waals surface area contributed by atoms with Gasteiger partial charge in [0.15, 0.2) is 5.58 Å². The Morgan fingerprint density at radius 1 is 1.11 bits per heavy atom. The third-order valence-corrected chi connectivity index (χ3v) is 3.35. The molecule has 0 aliphatic heterocycles. The van der Waals surface area contributed by atoms with E-state index in [9.17, 15) is 0 Å². The molecule has 2 aromatic carbocycles. The molecule has 3 rings (SSSR count). The first-order valence-electron chi connectivity index (χ1n) is 5.70. The van der Waals surface area contributed by atoms with Crippen LogP contribution in [0.4, 0.5) is 5.69 Å². The maximum atomic E-state index is 6.10. The van der Waals surface area contributed by atoms with E-state index in [4.69, 9.17) is 21.8 Å². The molecular weight excluding hydrogens is 246 g/mol. The Morgan fingerprint density at radius 2 is 1.94 bits per heavy atom. The molecule has 2 N–H and O–H groups in total. The van der Waals surface area contributed by atoms with E-state index < -0.39 is 0 Å². The Morgan fingerprint density at radius 3 is 2.67 bits per heavy atom. The average Bonchev–Trinajstić information content (AvgIpc) is 2.78. The predicted molar refractivity (Wildman–Crippen MR) is 75.8 cm³/mol. The van der Waals surface area contributed by atoms with Gasteiger partial charge in [0.2, 0.25) is 0 Å². The van der Waals surface area contributed by atoms with E-state index in [0.717, 1.165) is 33.5 Å². The van der Waals surface area contributed by atoms with Gasteiger partial charge in [0.25, 0.3) is 0 Å². The van der Waals surface area contributed by atoms with E-state index in [2.05, 4.69) is 0 Å². The Bertz CT molecular complexity index is 730. The highest BCUT2D eigenvalue weighted by molar-refractivity contribution is 6.34. The van der Waals surface area contributed by atoms with Crippen LogP contribution in [0.5, 0.6) is 0 Å². The van der Waals surface area contributed by atoms with E-state index in [1.165, 1.54) is 0 Å². The number of nitrogens with two attached hydrogens (primary N) is 1. The number of halogens is 1. The number of benzene rings is 2. The standard InChI is InChI=1S/C15H12ClNO/c1-9-7-10(5-6-13(9)17)14-8-11-3-2-4-12(16)15(11)18-14/h2-8H,17H2,1H3. The summed E-state index contributed by atoms with van der Waals surface area (Å²) in [6.45, 7) is 1.98. The maximum Gasteiger partial charge on any atom is 0.153 e. The molecule has 0 aliphatic rings. The number of hydrogen-bond acceptors (Lipinski definition) is 2. The normalized spacial score (nSPS) is 11.0. The minimum atomic E-state index is 0.630. The van der Waals surface area contributed by atoms with E-state index in [0.29, 0.717) is 5.02 Å². The Kier molecular flexibility index (Phi) is 2.53. The summed E-state index contributed by atoms with van der Waals surface area (Å²) in [6, 6.07) is 13.6. The second-order valence-electron chi connectivity index (χ2n) is 4.34. The van der Waals surface area contributed by atoms with E-state index in [-0.39, 0.29) is 0 Å². The molecule has 18 heavy (non-hydrogen) atoms. The summed E-state index contributed by atoms with van der Waals surface area (Å²) in [4.78, 5) is 0. The zero-order valence-electron chi connectivity index (χ0n) is 9.91. The van der Waals surface area contributed by atoms with Crippen LogP contribution in [0.2, 0.25) is 5.02 Å². The summed E-state index contributed by atoms with van der Waals surface area (Å²) >= 11 is 6.10. The first kappa shape index (κ1) is 11.2. The van der Waals surface area contributed by atoms with Crippen LogP contribution in [-0.4, -0.2) is 0 Å². The highest BCUT2D eigenvalue weighted by Gasteiger charge is 2.09. The van der Waals surface area contributed by atoms with Gasteiger partial charge in [-0.3, -0.25) is 0 Å². The van der Waals surface area contributed by atoms with Crippen LogP contribution < -0.4 is 5.73 Å². The molecule has 3 heteroatoms. The quantitative estimate of drug-likeness (QED) is 0.645. The van der Waals surface area contributed by atoms with Crippen molar-refractivity contribution in [3.05, 3.63) is 53.1 Å². The van der Waals surface area contributed by atoms with Crippen LogP contribution in [-0.2, 0) is 0 Å². The number of anilines is 1. The molecule has 1 aromatic heterocycles. The summed E-state index contributed by atoms with van der Waals surface area (Å²) in [5, 5.41) is 1.64. The molecule has 0 fully saturated rings. The topological polar surface area (TPSA) is 39.2 Å². The Hall–Kier alpha value is -1.93. The van der Waals surface area contributed by atoms with Gasteiger partial charge in [-0.25, -0.2) is 0 Å². The number of hydrogen-bond donors (Lipinski definition) is 1. The lowest BCUT2D eigenvalue weighted by Gasteiger charge is -2.02. The van der Waals surface area contributed by atoms with Crippen molar-refractivity contribution in [1.29, 1.82) is 0 Å². The van der Waals surface area contributed by atoms with Gasteiger partial charge < -0.3 is 10.2 Å². The molecule has 0 spiro atoms. The third-order valence-electron chi connectivity index (χ3n) is 3.05. The number of nitrogen functional groups attached to an aromatic ring is 1. The van der Waals surface area contributed by atoms with Crippen LogP contribution in [0, 0.1) is 6.92 Å². The summed E-state index contributed by atoms with van der Waals surface area (Å²) < 4.78 is 5.81. The van der Waals surface area contributed by atoms with Gasteiger partial charge in [0, 0.05) is 16.6 Å². The lowest BCUT2D eigenvalue weighted by atomic mass is 10.1. The number of furan rings is 1. The first-order chi connectivity index (χ1) is 8.65. The molecule has 90 valence electrons. The summed E-state index contributed by atoms with van der Waals surface area (Å²) in [7, 11) is 0. The summed E-state index contributed by atoms with van der Waals surface area (Å²) in [6.07, 6.45) is 0. The molecule has 3 aromatic rings. The first-order valence-corrected chi connectivity index (χ1v) is 6.07. The van der Waals surface area contributed by atoms with E-state index >= 15 is 0 Å². The highest BCUT2D eigenvalue weighted by atomic mass is 35.5. The third kappa shape index (κ3) is 1.75. The zero-order valence-corrected chi connectivity index (χ0v) is 10.7. The zero-order chi connectivity index (χ0) is 12.7. The van der Waals surface area contributed by atoms with Crippen LogP contribution in [0.1, 0.15) is 5.56 Å². The van der Waals surface area contributed by atoms with E-state index in [1.807, 2.05) is 49.4 Å². The highest BCUT2D eigenvalue weighted by Crippen LogP contribution is 2.32. The molecule has 0 atom stereocenters. The lowest BCUT2D eigenvalue weighted by molar-refractivity contribution is 0.631. The predicted octanol–water partition coefficient (Wildman–Crippen LogP) is 4.64. The lowest BCUT2D eigenvalue weighted by Crippen LogP contribution is -1.88. The van der Waals surface area contributed by atoms with Gasteiger partial charge >= 0.3 is 0 Å². The number of para-hydroxylation sites is 1. The van der Waals surface area contributed by atoms with Crippen LogP contribution in [0.15, 0.2) is 46.9 Å². The Labute approximate surface area is 110 Å². The van der Waals surface area contributed by atoms with Crippen molar-refractivity contribution < 1.29 is 4.42 Å². The van der Waals surface area contributed by atoms with Crippen molar-refractivity contribution in [3.63, 3.8) is 0 Å². The smallest absolute Gasteiger partial charge is 0.153 e. The van der Waals surface area contributed by atoms with Gasteiger partial charge in [-0.1, -0.05) is 23.7 Å². The van der Waals surface area contributed by atoms with Gasteiger partial charge in [-0.05, 0) is 42.8 Å². The number of aryl methyl sites for hydroxylation is 1. The molecule has 2 nitrogen and oxygen atoms in total. The molecule has 0 bridgehead atoms. The number of rotatable bonds is 1. The SMILES string of the molecule is Cc1cc(-c2cc3cccc(Cl)c3o2)ccc1N. The second kappa shape index (κ2) is 4.07. The molecule has 0 aliphatic carbocycles. The molecule has 0 saturated carbocycles. The molecular formula is C15H12ClNO. The van der Waals surface area contributed by atoms with Gasteiger partial charge in [-0.15, -0.1) is 0 Å². The van der Waals surface area contributed by atoms with Crippen molar-refractivity contribution in [3.8, 4) is 11.3 Å². The fraction of sp³-hybridized carbons (Fsp3) is 0.0667. The van der Waals surface area contributed by atoms with Crippen LogP contribution in [0.25, 0.3) is 22.3 Å². The Balaban J connectivity index is 2.19. The van der Waals surface area contributed by atoms with Crippen molar-refractivity contribution >= 4 is 28.3 Å². The van der Waals surface area contributed by atoms with Crippen LogP contribution in [0.3, 0.4) is 0 Å². The fourth-order valence-electron chi connectivity index (χ4n) is 2.00. The van der Waals surface area contributed by atoms with Crippen molar-refractivity contribution in [2.45, 2.75) is 6.92 Å². The molecule has 0 radical (unpaired) electrons. The largest absolute Gasteiger partial charge is 0.455 e. The summed E-state index contributed by atoms with van der Waals surface area (Å²) in [5.41, 5.74) is 9.37. The molecule has 1 heterocycles. The second-order valence-corrected chi connectivity index (χ2v) is 4.75. The molecule has 0 amide bonds.